The van der Waals surface area contributed by atoms with Crippen LogP contribution >= 0.6 is 11.6 Å². The Balaban J connectivity index is 2.17. The highest BCUT2D eigenvalue weighted by atomic mass is 35.5. The van der Waals surface area contributed by atoms with Crippen LogP contribution in [0.3, 0.4) is 0 Å². The lowest BCUT2D eigenvalue weighted by Crippen LogP contribution is -2.10. The van der Waals surface area contributed by atoms with Gasteiger partial charge in [-0.3, -0.25) is 4.79 Å². The zero-order valence-electron chi connectivity index (χ0n) is 11.5. The van der Waals surface area contributed by atoms with Crippen molar-refractivity contribution in [1.82, 2.24) is 0 Å². The van der Waals surface area contributed by atoms with Gasteiger partial charge in [0.15, 0.2) is 5.78 Å². The van der Waals surface area contributed by atoms with Crippen LogP contribution in [0.2, 0.25) is 0 Å². The van der Waals surface area contributed by atoms with Crippen LogP contribution < -0.4 is 4.74 Å². The monoisotopic (exact) mass is 328 g/mol. The van der Waals surface area contributed by atoms with E-state index in [0.29, 0.717) is 11.3 Å². The van der Waals surface area contributed by atoms with Gasteiger partial charge in [-0.1, -0.05) is 12.1 Å². The highest BCUT2D eigenvalue weighted by Crippen LogP contribution is 2.31. The molecular formula is C16H12ClF3O2. The molecule has 6 heteroatoms. The molecule has 2 aromatic rings. The van der Waals surface area contributed by atoms with Gasteiger partial charge in [0.1, 0.15) is 11.5 Å². The van der Waals surface area contributed by atoms with Crippen LogP contribution in [-0.4, -0.2) is 11.2 Å². The SMILES string of the molecule is CC(Cl)C(=O)c1cccc(Oc2ccc(C(F)(F)F)cc2)c1. The number of benzene rings is 2. The van der Waals surface area contributed by atoms with Gasteiger partial charge in [-0.25, -0.2) is 0 Å². The first kappa shape index (κ1) is 16.4. The molecule has 0 aliphatic heterocycles. The van der Waals surface area contributed by atoms with Gasteiger partial charge >= 0.3 is 6.18 Å². The minimum Gasteiger partial charge on any atom is -0.457 e. The van der Waals surface area contributed by atoms with Crippen LogP contribution in [0.1, 0.15) is 22.8 Å². The molecule has 2 rings (SSSR count). The summed E-state index contributed by atoms with van der Waals surface area (Å²) in [6, 6.07) is 10.6. The predicted molar refractivity (Wildman–Crippen MR) is 77.6 cm³/mol. The highest BCUT2D eigenvalue weighted by molar-refractivity contribution is 6.33. The van der Waals surface area contributed by atoms with Crippen LogP contribution in [0, 0.1) is 0 Å². The number of halogens is 4. The molecule has 0 fully saturated rings. The highest BCUT2D eigenvalue weighted by Gasteiger charge is 2.30. The summed E-state index contributed by atoms with van der Waals surface area (Å²) in [5.41, 5.74) is -0.369. The lowest BCUT2D eigenvalue weighted by atomic mass is 10.1. The molecule has 116 valence electrons. The fourth-order valence-electron chi connectivity index (χ4n) is 1.79. The smallest absolute Gasteiger partial charge is 0.416 e. The van der Waals surface area contributed by atoms with E-state index in [0.717, 1.165) is 12.1 Å². The van der Waals surface area contributed by atoms with Gasteiger partial charge in [0, 0.05) is 5.56 Å². The number of hydrogen-bond acceptors (Lipinski definition) is 2. The van der Waals surface area contributed by atoms with Crippen molar-refractivity contribution in [2.24, 2.45) is 0 Å². The Hall–Kier alpha value is -2.01. The standard InChI is InChI=1S/C16H12ClF3O2/c1-10(17)15(21)11-3-2-4-14(9-11)22-13-7-5-12(6-8-13)16(18,19)20/h2-10H,1H3. The normalized spacial score (nSPS) is 12.8. The minimum atomic E-state index is -4.39. The largest absolute Gasteiger partial charge is 0.457 e. The van der Waals surface area contributed by atoms with E-state index in [9.17, 15) is 18.0 Å². The quantitative estimate of drug-likeness (QED) is 0.561. The first-order valence-electron chi connectivity index (χ1n) is 6.41. The van der Waals surface area contributed by atoms with Crippen LogP contribution in [0.15, 0.2) is 48.5 Å². The number of rotatable bonds is 4. The summed E-state index contributed by atoms with van der Waals surface area (Å²) in [5.74, 6) is 0.346. The first-order valence-corrected chi connectivity index (χ1v) is 6.84. The number of Topliss-reactive ketones (excluding diaryl/α,β-unsaturated/α-hetero) is 1. The fourth-order valence-corrected chi connectivity index (χ4v) is 1.92. The van der Waals surface area contributed by atoms with Gasteiger partial charge in [-0.2, -0.15) is 13.2 Å². The summed E-state index contributed by atoms with van der Waals surface area (Å²) >= 11 is 5.74. The maximum Gasteiger partial charge on any atom is 0.416 e. The van der Waals surface area contributed by atoms with E-state index in [-0.39, 0.29) is 11.5 Å². The van der Waals surface area contributed by atoms with E-state index in [2.05, 4.69) is 0 Å². The number of alkyl halides is 4. The molecule has 0 aliphatic rings. The molecule has 22 heavy (non-hydrogen) atoms. The maximum absolute atomic E-state index is 12.5. The molecule has 0 heterocycles. The van der Waals surface area contributed by atoms with E-state index in [1.807, 2.05) is 0 Å². The van der Waals surface area contributed by atoms with E-state index in [1.54, 1.807) is 25.1 Å². The Morgan fingerprint density at radius 1 is 1.09 bits per heavy atom. The van der Waals surface area contributed by atoms with Crippen molar-refractivity contribution in [2.75, 3.05) is 0 Å². The van der Waals surface area contributed by atoms with Gasteiger partial charge in [-0.15, -0.1) is 11.6 Å². The van der Waals surface area contributed by atoms with E-state index >= 15 is 0 Å². The Morgan fingerprint density at radius 3 is 2.27 bits per heavy atom. The molecule has 2 nitrogen and oxygen atoms in total. The van der Waals surface area contributed by atoms with Crippen molar-refractivity contribution in [2.45, 2.75) is 18.5 Å². The van der Waals surface area contributed by atoms with Crippen molar-refractivity contribution < 1.29 is 22.7 Å². The Morgan fingerprint density at radius 2 is 1.73 bits per heavy atom. The number of ketones is 1. The van der Waals surface area contributed by atoms with Crippen LogP contribution in [0.5, 0.6) is 11.5 Å². The van der Waals surface area contributed by atoms with Gasteiger partial charge in [0.25, 0.3) is 0 Å². The Bertz CT molecular complexity index is 664. The van der Waals surface area contributed by atoms with E-state index in [1.165, 1.54) is 18.2 Å². The Labute approximate surface area is 130 Å². The Kier molecular flexibility index (Phi) is 4.76. The second kappa shape index (κ2) is 6.40. The minimum absolute atomic E-state index is 0.247. The molecule has 0 aliphatic carbocycles. The molecule has 0 N–H and O–H groups in total. The van der Waals surface area contributed by atoms with E-state index < -0.39 is 17.1 Å². The number of carbonyl (C=O) groups excluding carboxylic acids is 1. The molecule has 0 amide bonds. The van der Waals surface area contributed by atoms with Crippen molar-refractivity contribution in [3.63, 3.8) is 0 Å². The summed E-state index contributed by atoms with van der Waals surface area (Å²) in [6.45, 7) is 1.56. The first-order chi connectivity index (χ1) is 10.3. The third kappa shape index (κ3) is 4.01. The lowest BCUT2D eigenvalue weighted by Gasteiger charge is -2.10. The molecule has 0 saturated carbocycles. The van der Waals surface area contributed by atoms with Gasteiger partial charge < -0.3 is 4.74 Å². The van der Waals surface area contributed by atoms with E-state index in [4.69, 9.17) is 16.3 Å². The summed E-state index contributed by atoms with van der Waals surface area (Å²) in [5, 5.41) is -0.665. The molecule has 0 bridgehead atoms. The topological polar surface area (TPSA) is 26.3 Å². The summed E-state index contributed by atoms with van der Waals surface area (Å²) in [6.07, 6.45) is -4.39. The average Bonchev–Trinajstić information content (AvgIpc) is 2.46. The van der Waals surface area contributed by atoms with Crippen molar-refractivity contribution in [3.05, 3.63) is 59.7 Å². The van der Waals surface area contributed by atoms with Crippen LogP contribution in [0.25, 0.3) is 0 Å². The molecule has 0 saturated heterocycles. The summed E-state index contributed by atoms with van der Waals surface area (Å²) < 4.78 is 42.9. The molecule has 1 atom stereocenters. The summed E-state index contributed by atoms with van der Waals surface area (Å²) in [4.78, 5) is 11.8. The predicted octanol–water partition coefficient (Wildman–Crippen LogP) is 5.31. The third-order valence-corrected chi connectivity index (χ3v) is 3.10. The molecule has 0 aromatic heterocycles. The molecule has 0 radical (unpaired) electrons. The molecule has 1 unspecified atom stereocenters. The van der Waals surface area contributed by atoms with Gasteiger partial charge in [0.05, 0.1) is 10.9 Å². The van der Waals surface area contributed by atoms with Crippen molar-refractivity contribution in [1.29, 1.82) is 0 Å². The fraction of sp³-hybridized carbons (Fsp3) is 0.188. The average molecular weight is 329 g/mol. The lowest BCUT2D eigenvalue weighted by molar-refractivity contribution is -0.137. The summed E-state index contributed by atoms with van der Waals surface area (Å²) in [7, 11) is 0. The van der Waals surface area contributed by atoms with Crippen LogP contribution in [0.4, 0.5) is 13.2 Å². The second-order valence-electron chi connectivity index (χ2n) is 4.63. The van der Waals surface area contributed by atoms with Crippen molar-refractivity contribution in [3.8, 4) is 11.5 Å². The number of carbonyl (C=O) groups is 1. The van der Waals surface area contributed by atoms with Gasteiger partial charge in [-0.05, 0) is 43.3 Å². The van der Waals surface area contributed by atoms with Gasteiger partial charge in [0.2, 0.25) is 0 Å². The number of ether oxygens (including phenoxy) is 1. The second-order valence-corrected chi connectivity index (χ2v) is 5.29. The molecule has 0 spiro atoms. The zero-order chi connectivity index (χ0) is 16.3. The zero-order valence-corrected chi connectivity index (χ0v) is 12.3. The molecular weight excluding hydrogens is 317 g/mol. The maximum atomic E-state index is 12.5. The number of hydrogen-bond donors (Lipinski definition) is 0. The van der Waals surface area contributed by atoms with Crippen molar-refractivity contribution >= 4 is 17.4 Å². The van der Waals surface area contributed by atoms with Crippen LogP contribution in [-0.2, 0) is 6.18 Å². The third-order valence-electron chi connectivity index (χ3n) is 2.90. The molecule has 2 aromatic carbocycles.